The van der Waals surface area contributed by atoms with Gasteiger partial charge in [-0.3, -0.25) is 0 Å². The Morgan fingerprint density at radius 2 is 1.96 bits per heavy atom. The third-order valence-electron chi connectivity index (χ3n) is 3.85. The van der Waals surface area contributed by atoms with Crippen LogP contribution in [0.15, 0.2) is 48.7 Å². The summed E-state index contributed by atoms with van der Waals surface area (Å²) in [5.74, 6) is 0.585. The number of rotatable bonds is 3. The van der Waals surface area contributed by atoms with E-state index in [1.165, 1.54) is 11.1 Å². The monoisotopic (exact) mass is 300 g/mol. The van der Waals surface area contributed by atoms with Gasteiger partial charge in [0, 0.05) is 22.7 Å². The first kappa shape index (κ1) is 13.2. The molecule has 0 saturated carbocycles. The van der Waals surface area contributed by atoms with E-state index in [4.69, 9.17) is 5.26 Å². The van der Waals surface area contributed by atoms with Gasteiger partial charge in [0.1, 0.15) is 0 Å². The van der Waals surface area contributed by atoms with Gasteiger partial charge in [-0.15, -0.1) is 10.2 Å². The summed E-state index contributed by atoms with van der Waals surface area (Å²) in [4.78, 5) is 3.25. The Hall–Kier alpha value is -3.46. The number of nitrogens with one attached hydrogen (secondary N) is 2. The Balaban J connectivity index is 1.64. The van der Waals surface area contributed by atoms with Crippen LogP contribution in [0.4, 0.5) is 0 Å². The van der Waals surface area contributed by atoms with Crippen LogP contribution >= 0.6 is 0 Å². The average Bonchev–Trinajstić information content (AvgIpc) is 3.25. The third-order valence-corrected chi connectivity index (χ3v) is 3.85. The molecule has 0 bridgehead atoms. The summed E-state index contributed by atoms with van der Waals surface area (Å²) in [6.07, 6.45) is 2.79. The standard InChI is InChI=1S/C17H12N6/c18-9-12-3-6-16-15(8-12)14(10-19-16)7-11-1-4-13(5-2-11)17-20-22-23-21-17/h1-6,8,10,19H,7H2,(H,20,21,22,23). The van der Waals surface area contributed by atoms with Crippen molar-refractivity contribution in [3.05, 3.63) is 65.4 Å². The topological polar surface area (TPSA) is 94.0 Å². The van der Waals surface area contributed by atoms with Crippen molar-refractivity contribution in [3.8, 4) is 17.5 Å². The van der Waals surface area contributed by atoms with Crippen LogP contribution in [-0.4, -0.2) is 25.6 Å². The SMILES string of the molecule is N#Cc1ccc2[nH]cc(Cc3ccc(-c4nn[nH]n4)cc3)c2c1. The molecule has 23 heavy (non-hydrogen) atoms. The molecule has 6 heteroatoms. The number of fused-ring (bicyclic) bond motifs is 1. The highest BCUT2D eigenvalue weighted by Gasteiger charge is 2.07. The van der Waals surface area contributed by atoms with Crippen molar-refractivity contribution in [2.45, 2.75) is 6.42 Å². The van der Waals surface area contributed by atoms with Gasteiger partial charge in [-0.05, 0) is 41.0 Å². The van der Waals surface area contributed by atoms with Crippen molar-refractivity contribution in [2.24, 2.45) is 0 Å². The molecule has 0 aliphatic carbocycles. The van der Waals surface area contributed by atoms with Gasteiger partial charge in [0.15, 0.2) is 0 Å². The largest absolute Gasteiger partial charge is 0.361 e. The van der Waals surface area contributed by atoms with Crippen molar-refractivity contribution < 1.29 is 0 Å². The molecule has 4 rings (SSSR count). The fourth-order valence-electron chi connectivity index (χ4n) is 2.67. The molecule has 110 valence electrons. The Labute approximate surface area is 131 Å². The molecule has 0 aliphatic rings. The minimum absolute atomic E-state index is 0.585. The zero-order valence-corrected chi connectivity index (χ0v) is 12.1. The summed E-state index contributed by atoms with van der Waals surface area (Å²) in [6, 6.07) is 15.9. The highest BCUT2D eigenvalue weighted by atomic mass is 15.5. The molecule has 0 fully saturated rings. The first-order valence-corrected chi connectivity index (χ1v) is 7.16. The smallest absolute Gasteiger partial charge is 0.204 e. The Bertz CT molecular complexity index is 990. The van der Waals surface area contributed by atoms with E-state index in [1.54, 1.807) is 0 Å². The van der Waals surface area contributed by atoms with Gasteiger partial charge in [0.25, 0.3) is 0 Å². The van der Waals surface area contributed by atoms with E-state index in [9.17, 15) is 0 Å². The summed E-state index contributed by atoms with van der Waals surface area (Å²) in [5, 5.41) is 24.1. The van der Waals surface area contributed by atoms with E-state index in [-0.39, 0.29) is 0 Å². The third kappa shape index (κ3) is 2.45. The Morgan fingerprint density at radius 1 is 1.09 bits per heavy atom. The van der Waals surface area contributed by atoms with E-state index in [0.717, 1.165) is 22.9 Å². The molecule has 0 saturated heterocycles. The normalized spacial score (nSPS) is 10.7. The van der Waals surface area contributed by atoms with Crippen LogP contribution in [0.5, 0.6) is 0 Å². The maximum atomic E-state index is 9.06. The number of nitrogens with zero attached hydrogens (tertiary/aromatic N) is 4. The first-order valence-electron chi connectivity index (χ1n) is 7.16. The molecule has 0 unspecified atom stereocenters. The molecule has 2 aromatic carbocycles. The van der Waals surface area contributed by atoms with Crippen molar-refractivity contribution >= 4 is 10.9 Å². The van der Waals surface area contributed by atoms with Gasteiger partial charge < -0.3 is 4.98 Å². The Kier molecular flexibility index (Phi) is 3.10. The lowest BCUT2D eigenvalue weighted by Crippen LogP contribution is -1.88. The predicted molar refractivity (Wildman–Crippen MR) is 85.4 cm³/mol. The van der Waals surface area contributed by atoms with E-state index < -0.39 is 0 Å². The van der Waals surface area contributed by atoms with Crippen molar-refractivity contribution in [1.82, 2.24) is 25.6 Å². The van der Waals surface area contributed by atoms with Crippen LogP contribution in [0.25, 0.3) is 22.3 Å². The lowest BCUT2D eigenvalue weighted by molar-refractivity contribution is 0.881. The van der Waals surface area contributed by atoms with Crippen LogP contribution in [0, 0.1) is 11.3 Å². The molecule has 0 radical (unpaired) electrons. The van der Waals surface area contributed by atoms with Crippen LogP contribution in [0.3, 0.4) is 0 Å². The quantitative estimate of drug-likeness (QED) is 0.608. The fraction of sp³-hybridized carbons (Fsp3) is 0.0588. The second-order valence-electron chi connectivity index (χ2n) is 5.30. The second kappa shape index (κ2) is 5.39. The summed E-state index contributed by atoms with van der Waals surface area (Å²) >= 11 is 0. The van der Waals surface area contributed by atoms with Crippen molar-refractivity contribution in [1.29, 1.82) is 5.26 Å². The zero-order chi connectivity index (χ0) is 15.6. The van der Waals surface area contributed by atoms with Gasteiger partial charge in [-0.2, -0.15) is 10.5 Å². The maximum absolute atomic E-state index is 9.06. The second-order valence-corrected chi connectivity index (χ2v) is 5.30. The zero-order valence-electron chi connectivity index (χ0n) is 12.1. The molecule has 0 amide bonds. The van der Waals surface area contributed by atoms with Crippen LogP contribution in [0.1, 0.15) is 16.7 Å². The highest BCUT2D eigenvalue weighted by Crippen LogP contribution is 2.23. The van der Waals surface area contributed by atoms with E-state index in [0.29, 0.717) is 11.4 Å². The number of aromatic nitrogens is 5. The molecule has 2 aromatic heterocycles. The van der Waals surface area contributed by atoms with Gasteiger partial charge >= 0.3 is 0 Å². The minimum Gasteiger partial charge on any atom is -0.361 e. The van der Waals surface area contributed by atoms with Gasteiger partial charge in [-0.1, -0.05) is 24.3 Å². The lowest BCUT2D eigenvalue weighted by Gasteiger charge is -2.02. The summed E-state index contributed by atoms with van der Waals surface area (Å²) in [5.41, 5.74) is 4.99. The van der Waals surface area contributed by atoms with Crippen LogP contribution in [-0.2, 0) is 6.42 Å². The number of nitriles is 1. The molecule has 0 spiro atoms. The molecular weight excluding hydrogens is 288 g/mol. The van der Waals surface area contributed by atoms with Gasteiger partial charge in [0.2, 0.25) is 5.82 Å². The van der Waals surface area contributed by atoms with Gasteiger partial charge in [-0.25, -0.2) is 0 Å². The van der Waals surface area contributed by atoms with Crippen molar-refractivity contribution in [2.75, 3.05) is 0 Å². The lowest BCUT2D eigenvalue weighted by atomic mass is 10.0. The predicted octanol–water partition coefficient (Wildman–Crippen LogP) is 2.81. The number of benzene rings is 2. The van der Waals surface area contributed by atoms with E-state index >= 15 is 0 Å². The van der Waals surface area contributed by atoms with Crippen LogP contribution < -0.4 is 0 Å². The molecule has 0 atom stereocenters. The average molecular weight is 300 g/mol. The molecule has 2 N–H and O–H groups in total. The molecular formula is C17H12N6. The summed E-state index contributed by atoms with van der Waals surface area (Å²) in [7, 11) is 0. The fourth-order valence-corrected chi connectivity index (χ4v) is 2.67. The van der Waals surface area contributed by atoms with Crippen molar-refractivity contribution in [3.63, 3.8) is 0 Å². The summed E-state index contributed by atoms with van der Waals surface area (Å²) < 4.78 is 0. The molecule has 4 aromatic rings. The maximum Gasteiger partial charge on any atom is 0.204 e. The molecule has 2 heterocycles. The van der Waals surface area contributed by atoms with E-state index in [2.05, 4.69) is 43.8 Å². The Morgan fingerprint density at radius 3 is 2.70 bits per heavy atom. The summed E-state index contributed by atoms with van der Waals surface area (Å²) in [6.45, 7) is 0. The number of tetrazole rings is 1. The molecule has 6 nitrogen and oxygen atoms in total. The minimum atomic E-state index is 0.585. The van der Waals surface area contributed by atoms with Gasteiger partial charge in [0.05, 0.1) is 11.6 Å². The van der Waals surface area contributed by atoms with E-state index in [1.807, 2.05) is 36.5 Å². The number of hydrogen-bond acceptors (Lipinski definition) is 4. The number of hydrogen-bond donors (Lipinski definition) is 2. The number of H-pyrrole nitrogens is 2. The molecule has 0 aliphatic heterocycles. The number of aromatic amines is 2. The van der Waals surface area contributed by atoms with Crippen LogP contribution in [0.2, 0.25) is 0 Å². The first-order chi connectivity index (χ1) is 11.3. The highest BCUT2D eigenvalue weighted by molar-refractivity contribution is 5.84.